The van der Waals surface area contributed by atoms with Crippen molar-refractivity contribution in [3.63, 3.8) is 0 Å². The first-order valence-corrected chi connectivity index (χ1v) is 8.52. The van der Waals surface area contributed by atoms with E-state index in [9.17, 15) is 14.4 Å². The molecule has 25 heavy (non-hydrogen) atoms. The average Bonchev–Trinajstić information content (AvgIpc) is 2.84. The van der Waals surface area contributed by atoms with Gasteiger partial charge in [0.2, 0.25) is 0 Å². The van der Waals surface area contributed by atoms with Gasteiger partial charge in [0.25, 0.3) is 17.7 Å². The number of hydrogen-bond donors (Lipinski definition) is 1. The van der Waals surface area contributed by atoms with E-state index in [4.69, 9.17) is 0 Å². The summed E-state index contributed by atoms with van der Waals surface area (Å²) in [7, 11) is 1.46. The maximum Gasteiger partial charge on any atom is 0.261 e. The van der Waals surface area contributed by atoms with E-state index in [0.717, 1.165) is 37.3 Å². The smallest absolute Gasteiger partial charge is 0.261 e. The molecule has 1 aromatic rings. The van der Waals surface area contributed by atoms with Gasteiger partial charge in [-0.1, -0.05) is 6.92 Å². The van der Waals surface area contributed by atoms with Crippen LogP contribution in [0, 0.1) is 0 Å². The standard InChI is InChI=1S/C18H23N3O3.ClH/c1-3-10-21(13-6-8-19-9-7-13)16(22)12-4-5-14-15(11-12)18(24)20(2)17(14)23;/h4-5,11,13,19H,3,6-10H2,1-2H3;1H. The number of halogens is 1. The van der Waals surface area contributed by atoms with E-state index >= 15 is 0 Å². The van der Waals surface area contributed by atoms with Crippen molar-refractivity contribution >= 4 is 30.1 Å². The van der Waals surface area contributed by atoms with Crippen LogP contribution < -0.4 is 5.32 Å². The Morgan fingerprint density at radius 3 is 2.48 bits per heavy atom. The second kappa shape index (κ2) is 7.97. The van der Waals surface area contributed by atoms with Gasteiger partial charge >= 0.3 is 0 Å². The molecule has 2 aliphatic rings. The summed E-state index contributed by atoms with van der Waals surface area (Å²) in [5, 5.41) is 3.31. The fourth-order valence-electron chi connectivity index (χ4n) is 3.47. The zero-order chi connectivity index (χ0) is 17.3. The van der Waals surface area contributed by atoms with Crippen molar-refractivity contribution < 1.29 is 14.4 Å². The Balaban J connectivity index is 0.00000225. The minimum atomic E-state index is -0.339. The van der Waals surface area contributed by atoms with Crippen molar-refractivity contribution in [3.05, 3.63) is 34.9 Å². The Kier molecular flexibility index (Phi) is 6.19. The van der Waals surface area contributed by atoms with Crippen molar-refractivity contribution in [3.8, 4) is 0 Å². The van der Waals surface area contributed by atoms with Crippen LogP contribution in [-0.2, 0) is 0 Å². The molecule has 0 atom stereocenters. The molecule has 1 aromatic carbocycles. The van der Waals surface area contributed by atoms with Crippen LogP contribution in [0.3, 0.4) is 0 Å². The summed E-state index contributed by atoms with van der Waals surface area (Å²) in [6.45, 7) is 4.59. The summed E-state index contributed by atoms with van der Waals surface area (Å²) in [5.74, 6) is -0.701. The van der Waals surface area contributed by atoms with Gasteiger partial charge in [0, 0.05) is 25.2 Å². The highest BCUT2D eigenvalue weighted by Crippen LogP contribution is 2.24. The summed E-state index contributed by atoms with van der Waals surface area (Å²) in [4.78, 5) is 40.1. The van der Waals surface area contributed by atoms with E-state index in [2.05, 4.69) is 12.2 Å². The minimum absolute atomic E-state index is 0. The van der Waals surface area contributed by atoms with Crippen LogP contribution in [0.1, 0.15) is 57.3 Å². The van der Waals surface area contributed by atoms with E-state index in [1.165, 1.54) is 7.05 Å². The predicted octanol–water partition coefficient (Wildman–Crippen LogP) is 1.94. The first-order valence-electron chi connectivity index (χ1n) is 8.52. The summed E-state index contributed by atoms with van der Waals surface area (Å²) in [6, 6.07) is 5.06. The summed E-state index contributed by atoms with van der Waals surface area (Å²) in [6.07, 6.45) is 2.77. The van der Waals surface area contributed by atoms with Crippen LogP contribution in [0.2, 0.25) is 0 Å². The van der Waals surface area contributed by atoms with Crippen LogP contribution in [0.15, 0.2) is 18.2 Å². The lowest BCUT2D eigenvalue weighted by molar-refractivity contribution is 0.0641. The van der Waals surface area contributed by atoms with Crippen molar-refractivity contribution in [2.45, 2.75) is 32.2 Å². The number of carbonyl (C=O) groups excluding carboxylic acids is 3. The molecule has 1 fully saturated rings. The van der Waals surface area contributed by atoms with Crippen LogP contribution in [0.4, 0.5) is 0 Å². The molecule has 2 heterocycles. The number of imide groups is 1. The Labute approximate surface area is 154 Å². The van der Waals surface area contributed by atoms with Gasteiger partial charge in [-0.15, -0.1) is 12.4 Å². The fraction of sp³-hybridized carbons (Fsp3) is 0.500. The number of piperidine rings is 1. The number of fused-ring (bicyclic) bond motifs is 1. The van der Waals surface area contributed by atoms with Gasteiger partial charge in [-0.05, 0) is 50.6 Å². The van der Waals surface area contributed by atoms with Crippen molar-refractivity contribution in [2.75, 3.05) is 26.7 Å². The van der Waals surface area contributed by atoms with E-state index < -0.39 is 0 Å². The molecule has 2 aliphatic heterocycles. The van der Waals surface area contributed by atoms with Crippen LogP contribution in [-0.4, -0.2) is 60.2 Å². The van der Waals surface area contributed by atoms with E-state index in [1.807, 2.05) is 4.90 Å². The molecule has 0 saturated carbocycles. The highest BCUT2D eigenvalue weighted by molar-refractivity contribution is 6.21. The Bertz CT molecular complexity index is 686. The van der Waals surface area contributed by atoms with Gasteiger partial charge in [-0.2, -0.15) is 0 Å². The molecule has 6 nitrogen and oxygen atoms in total. The number of benzene rings is 1. The molecule has 3 amide bonds. The lowest BCUT2D eigenvalue weighted by Crippen LogP contribution is -2.46. The molecule has 0 aliphatic carbocycles. The van der Waals surface area contributed by atoms with Crippen LogP contribution >= 0.6 is 12.4 Å². The normalized spacial score (nSPS) is 17.3. The van der Waals surface area contributed by atoms with Crippen LogP contribution in [0.5, 0.6) is 0 Å². The van der Waals surface area contributed by atoms with Gasteiger partial charge in [0.05, 0.1) is 11.1 Å². The molecular weight excluding hydrogens is 342 g/mol. The lowest BCUT2D eigenvalue weighted by Gasteiger charge is -2.34. The summed E-state index contributed by atoms with van der Waals surface area (Å²) in [5.41, 5.74) is 1.19. The predicted molar refractivity (Wildman–Crippen MR) is 97.3 cm³/mol. The maximum absolute atomic E-state index is 13.0. The Morgan fingerprint density at radius 1 is 1.20 bits per heavy atom. The van der Waals surface area contributed by atoms with Crippen LogP contribution in [0.25, 0.3) is 0 Å². The van der Waals surface area contributed by atoms with Crippen molar-refractivity contribution in [2.24, 2.45) is 0 Å². The zero-order valence-electron chi connectivity index (χ0n) is 14.6. The topological polar surface area (TPSA) is 69.7 Å². The number of hydrogen-bond acceptors (Lipinski definition) is 4. The number of rotatable bonds is 4. The number of amides is 3. The number of carbonyl (C=O) groups is 3. The molecule has 1 saturated heterocycles. The Morgan fingerprint density at radius 2 is 1.84 bits per heavy atom. The van der Waals surface area contributed by atoms with Gasteiger partial charge in [0.15, 0.2) is 0 Å². The highest BCUT2D eigenvalue weighted by atomic mass is 35.5. The van der Waals surface area contributed by atoms with Gasteiger partial charge in [-0.25, -0.2) is 0 Å². The molecule has 0 bridgehead atoms. The first kappa shape index (κ1) is 19.4. The summed E-state index contributed by atoms with van der Waals surface area (Å²) >= 11 is 0. The van der Waals surface area contributed by atoms with Crippen molar-refractivity contribution in [1.29, 1.82) is 0 Å². The van der Waals surface area contributed by atoms with E-state index in [-0.39, 0.29) is 36.2 Å². The molecule has 0 spiro atoms. The van der Waals surface area contributed by atoms with Gasteiger partial charge in [-0.3, -0.25) is 19.3 Å². The number of nitrogens with zero attached hydrogens (tertiary/aromatic N) is 2. The number of nitrogens with one attached hydrogen (secondary N) is 1. The molecule has 7 heteroatoms. The molecule has 3 rings (SSSR count). The molecule has 0 aromatic heterocycles. The quantitative estimate of drug-likeness (QED) is 0.828. The second-order valence-corrected chi connectivity index (χ2v) is 6.41. The first-order chi connectivity index (χ1) is 11.5. The van der Waals surface area contributed by atoms with E-state index in [0.29, 0.717) is 23.2 Å². The minimum Gasteiger partial charge on any atom is -0.336 e. The highest BCUT2D eigenvalue weighted by Gasteiger charge is 2.34. The van der Waals surface area contributed by atoms with E-state index in [1.54, 1.807) is 18.2 Å². The second-order valence-electron chi connectivity index (χ2n) is 6.41. The SMILES string of the molecule is CCCN(C(=O)c1ccc2c(c1)C(=O)N(C)C2=O)C1CCNCC1.Cl. The monoisotopic (exact) mass is 365 g/mol. The maximum atomic E-state index is 13.0. The largest absolute Gasteiger partial charge is 0.336 e. The Hall–Kier alpha value is -1.92. The van der Waals surface area contributed by atoms with Crippen molar-refractivity contribution in [1.82, 2.24) is 15.1 Å². The van der Waals surface area contributed by atoms with Gasteiger partial charge < -0.3 is 10.2 Å². The van der Waals surface area contributed by atoms with Gasteiger partial charge in [0.1, 0.15) is 0 Å². The third-order valence-electron chi connectivity index (χ3n) is 4.81. The zero-order valence-corrected chi connectivity index (χ0v) is 15.4. The lowest BCUT2D eigenvalue weighted by atomic mass is 10.0. The molecular formula is C18H24ClN3O3. The fourth-order valence-corrected chi connectivity index (χ4v) is 3.47. The molecule has 136 valence electrons. The summed E-state index contributed by atoms with van der Waals surface area (Å²) < 4.78 is 0. The third-order valence-corrected chi connectivity index (χ3v) is 4.81. The molecule has 0 radical (unpaired) electrons. The molecule has 1 N–H and O–H groups in total. The third kappa shape index (κ3) is 3.55. The average molecular weight is 366 g/mol. The molecule has 0 unspecified atom stereocenters.